The lowest BCUT2D eigenvalue weighted by atomic mass is 9.79. The third kappa shape index (κ3) is 5.70. The van der Waals surface area contributed by atoms with Crippen molar-refractivity contribution in [2.75, 3.05) is 26.2 Å². The van der Waals surface area contributed by atoms with E-state index in [1.807, 2.05) is 6.92 Å². The number of ether oxygens (including phenoxy) is 1. The Hall–Kier alpha value is -4.23. The number of likely N-dealkylation sites (tertiary alicyclic amines) is 1. The number of aliphatic hydroxyl groups is 1. The van der Waals surface area contributed by atoms with Gasteiger partial charge in [0.25, 0.3) is 5.69 Å². The van der Waals surface area contributed by atoms with Crippen LogP contribution in [-0.2, 0) is 27.3 Å². The summed E-state index contributed by atoms with van der Waals surface area (Å²) in [5, 5.41) is 21.4. The molecule has 0 aliphatic carbocycles. The summed E-state index contributed by atoms with van der Waals surface area (Å²) >= 11 is 1.50. The molecule has 236 valence electrons. The number of nitrogens with zero attached hydrogens (tertiary/aromatic N) is 5. The molecule has 1 N–H and O–H groups in total. The first-order valence-corrected chi connectivity index (χ1v) is 16.0. The zero-order valence-electron chi connectivity index (χ0n) is 25.3. The molecule has 4 aliphatic rings. The molecule has 0 spiro atoms. The van der Waals surface area contributed by atoms with E-state index in [2.05, 4.69) is 41.0 Å². The summed E-state index contributed by atoms with van der Waals surface area (Å²) in [6.45, 7) is 9.38. The van der Waals surface area contributed by atoms with Crippen LogP contribution in [0.1, 0.15) is 42.3 Å². The average molecular weight is 634 g/mol. The molecule has 12 nitrogen and oxygen atoms in total. The van der Waals surface area contributed by atoms with Gasteiger partial charge in [0.15, 0.2) is 5.96 Å². The molecule has 2 aromatic carbocycles. The maximum absolute atomic E-state index is 13.5. The van der Waals surface area contributed by atoms with E-state index in [1.165, 1.54) is 39.9 Å². The van der Waals surface area contributed by atoms with E-state index in [0.717, 1.165) is 44.1 Å². The summed E-state index contributed by atoms with van der Waals surface area (Å²) in [6.07, 6.45) is 0.105. The first-order chi connectivity index (χ1) is 21.6. The number of aliphatic hydroxyl groups excluding tert-OH is 1. The fourth-order valence-electron chi connectivity index (χ4n) is 6.46. The number of carbonyl (C=O) groups is 3. The molecule has 2 fully saturated rings. The van der Waals surface area contributed by atoms with Gasteiger partial charge in [-0.3, -0.25) is 19.9 Å². The molecular weight excluding hydrogens is 598 g/mol. The van der Waals surface area contributed by atoms with Gasteiger partial charge in [-0.2, -0.15) is 0 Å². The minimum atomic E-state index is -0.971. The molecule has 4 aliphatic heterocycles. The van der Waals surface area contributed by atoms with E-state index in [0.29, 0.717) is 18.0 Å². The van der Waals surface area contributed by atoms with Crippen LogP contribution in [0.2, 0.25) is 0 Å². The number of benzene rings is 2. The second-order valence-corrected chi connectivity index (χ2v) is 13.2. The lowest BCUT2D eigenvalue weighted by Crippen LogP contribution is -2.63. The summed E-state index contributed by atoms with van der Waals surface area (Å²) in [5.74, 6) is -2.25. The number of guanidine groups is 1. The van der Waals surface area contributed by atoms with Gasteiger partial charge in [0, 0.05) is 54.4 Å². The summed E-state index contributed by atoms with van der Waals surface area (Å²) in [6, 6.07) is 13.0. The van der Waals surface area contributed by atoms with Gasteiger partial charge < -0.3 is 24.5 Å². The fraction of sp³-hybridized carbons (Fsp3) is 0.438. The zero-order chi connectivity index (χ0) is 32.0. The van der Waals surface area contributed by atoms with Crippen molar-refractivity contribution in [3.63, 3.8) is 0 Å². The van der Waals surface area contributed by atoms with Crippen molar-refractivity contribution < 1.29 is 29.2 Å². The van der Waals surface area contributed by atoms with Crippen LogP contribution in [0.15, 0.2) is 64.1 Å². The Kier molecular flexibility index (Phi) is 8.40. The second-order valence-electron chi connectivity index (χ2n) is 11.9. The lowest BCUT2D eigenvalue weighted by molar-refractivity contribution is -0.384. The first-order valence-electron chi connectivity index (χ1n) is 15.1. The molecule has 13 heteroatoms. The van der Waals surface area contributed by atoms with Gasteiger partial charge in [-0.25, -0.2) is 9.59 Å². The number of hydrogen-bond acceptors (Lipinski definition) is 11. The van der Waals surface area contributed by atoms with Crippen LogP contribution < -0.4 is 0 Å². The number of nitro benzene ring substituents is 1. The summed E-state index contributed by atoms with van der Waals surface area (Å²) in [5.41, 5.74) is 2.34. The van der Waals surface area contributed by atoms with Crippen LogP contribution in [0, 0.1) is 22.0 Å². The Balaban J connectivity index is 1.15. The van der Waals surface area contributed by atoms with Crippen LogP contribution in [-0.4, -0.2) is 92.1 Å². The van der Waals surface area contributed by atoms with Crippen LogP contribution >= 0.6 is 11.8 Å². The van der Waals surface area contributed by atoms with E-state index >= 15 is 0 Å². The number of amides is 1. The highest BCUT2D eigenvalue weighted by Gasteiger charge is 2.60. The number of non-ortho nitro benzene ring substituents is 1. The molecule has 6 rings (SSSR count). The number of aryl methyl sites for hydroxylation is 1. The molecule has 0 radical (unpaired) electrons. The smallest absolute Gasteiger partial charge is 0.363 e. The predicted molar refractivity (Wildman–Crippen MR) is 167 cm³/mol. The third-order valence-corrected chi connectivity index (χ3v) is 10.4. The molecule has 2 saturated heterocycles. The van der Waals surface area contributed by atoms with Crippen LogP contribution in [0.25, 0.3) is 0 Å². The van der Waals surface area contributed by atoms with Crippen molar-refractivity contribution in [2.45, 2.75) is 51.1 Å². The van der Waals surface area contributed by atoms with Crippen LogP contribution in [0.3, 0.4) is 0 Å². The standard InChI is InChI=1S/C32H35N5O7S/c1-4-20-5-7-21(8-6-20)15-34-14-13-33-32(34)35-16-24(17-35)45-28-18(2)26-25(19(3)38)29(39)36(26)27(28)31(41)44-30(40)22-9-11-23(12-10-22)37(42)43/h5-12,18-19,24-26,38H,4,13-17H2,1-3H3/t18-,19-,25-,26-/m1/s1. The fourth-order valence-corrected chi connectivity index (χ4v) is 7.97. The zero-order valence-corrected chi connectivity index (χ0v) is 26.1. The van der Waals surface area contributed by atoms with Crippen molar-refractivity contribution >= 4 is 41.3 Å². The minimum absolute atomic E-state index is 0.0269. The first kappa shape index (κ1) is 30.8. The van der Waals surface area contributed by atoms with Crippen LogP contribution in [0.4, 0.5) is 5.69 Å². The highest BCUT2D eigenvalue weighted by molar-refractivity contribution is 8.03. The van der Waals surface area contributed by atoms with Gasteiger partial charge in [-0.1, -0.05) is 38.1 Å². The van der Waals surface area contributed by atoms with Crippen molar-refractivity contribution in [1.82, 2.24) is 14.7 Å². The van der Waals surface area contributed by atoms with Crippen LogP contribution in [0.5, 0.6) is 0 Å². The third-order valence-electron chi connectivity index (χ3n) is 8.94. The minimum Gasteiger partial charge on any atom is -0.393 e. The molecule has 0 aromatic heterocycles. The second kappa shape index (κ2) is 12.3. The molecule has 4 atom stereocenters. The maximum atomic E-state index is 13.5. The quantitative estimate of drug-likeness (QED) is 0.144. The number of hydrogen-bond donors (Lipinski definition) is 1. The van der Waals surface area contributed by atoms with Gasteiger partial charge in [0.2, 0.25) is 5.91 Å². The van der Waals surface area contributed by atoms with Gasteiger partial charge >= 0.3 is 11.9 Å². The van der Waals surface area contributed by atoms with Crippen molar-refractivity contribution in [3.8, 4) is 0 Å². The number of aliphatic imine (C=N–C) groups is 1. The predicted octanol–water partition coefficient (Wildman–Crippen LogP) is 3.20. The Bertz CT molecular complexity index is 1580. The molecule has 4 heterocycles. The number of fused-ring (bicyclic) bond motifs is 1. The number of thioether (sulfide) groups is 1. The largest absolute Gasteiger partial charge is 0.393 e. The van der Waals surface area contributed by atoms with E-state index in [-0.39, 0.29) is 34.0 Å². The summed E-state index contributed by atoms with van der Waals surface area (Å²) in [4.78, 5) is 61.0. The number of β-lactam (4-membered cyclic amide) rings is 1. The average Bonchev–Trinajstić information content (AvgIpc) is 3.54. The topological polar surface area (TPSA) is 146 Å². The highest BCUT2D eigenvalue weighted by atomic mass is 32.2. The summed E-state index contributed by atoms with van der Waals surface area (Å²) < 4.78 is 5.21. The molecular formula is C32H35N5O7S. The van der Waals surface area contributed by atoms with Gasteiger partial charge in [0.05, 0.1) is 35.1 Å². The van der Waals surface area contributed by atoms with Crippen molar-refractivity contribution in [1.29, 1.82) is 0 Å². The van der Waals surface area contributed by atoms with E-state index in [9.17, 15) is 29.6 Å². The summed E-state index contributed by atoms with van der Waals surface area (Å²) in [7, 11) is 0. The number of rotatable bonds is 9. The molecule has 1 amide bonds. The van der Waals surface area contributed by atoms with Gasteiger partial charge in [-0.05, 0) is 36.6 Å². The maximum Gasteiger partial charge on any atom is 0.363 e. The molecule has 0 saturated carbocycles. The van der Waals surface area contributed by atoms with Gasteiger partial charge in [-0.15, -0.1) is 11.8 Å². The Labute approximate surface area is 264 Å². The lowest BCUT2D eigenvalue weighted by Gasteiger charge is -2.46. The van der Waals surface area contributed by atoms with Gasteiger partial charge in [0.1, 0.15) is 5.70 Å². The molecule has 0 unspecified atom stereocenters. The number of carbonyl (C=O) groups excluding carboxylic acids is 3. The van der Waals surface area contributed by atoms with E-state index in [4.69, 9.17) is 9.73 Å². The highest BCUT2D eigenvalue weighted by Crippen LogP contribution is 2.52. The monoisotopic (exact) mass is 633 g/mol. The van der Waals surface area contributed by atoms with E-state index in [1.54, 1.807) is 6.92 Å². The van der Waals surface area contributed by atoms with E-state index < -0.39 is 34.9 Å². The normalized spacial score (nSPS) is 23.4. The number of esters is 2. The molecule has 45 heavy (non-hydrogen) atoms. The van der Waals surface area contributed by atoms with Crippen molar-refractivity contribution in [3.05, 3.63) is 85.9 Å². The molecule has 0 bridgehead atoms. The SMILES string of the molecule is CCc1ccc(CN2CCN=C2N2CC(SC3=C(C(=O)OC(=O)c4ccc([N+](=O)[O-])cc4)N4C(=O)[C@H]([C@@H](C)O)[C@H]4[C@H]3C)C2)cc1. The Morgan fingerprint density at radius 1 is 1.11 bits per heavy atom. The number of nitro groups is 1. The molecule has 2 aromatic rings. The van der Waals surface area contributed by atoms with Crippen molar-refractivity contribution in [2.24, 2.45) is 16.8 Å². The Morgan fingerprint density at radius 3 is 2.40 bits per heavy atom. The Morgan fingerprint density at radius 2 is 1.78 bits per heavy atom.